The summed E-state index contributed by atoms with van der Waals surface area (Å²) in [5, 5.41) is 3.38. The van der Waals surface area contributed by atoms with Gasteiger partial charge in [-0.1, -0.05) is 39.8 Å². The third kappa shape index (κ3) is 3.57. The van der Waals surface area contributed by atoms with Gasteiger partial charge in [-0.15, -0.1) is 0 Å². The molecule has 0 fully saturated rings. The Morgan fingerprint density at radius 3 is 2.26 bits per heavy atom. The fraction of sp³-hybridized carbons (Fsp3) is 0.353. The molecule has 2 aromatic rings. The lowest BCUT2D eigenvalue weighted by Crippen LogP contribution is -1.97. The lowest BCUT2D eigenvalue weighted by atomic mass is 10.0. The third-order valence-corrected chi connectivity index (χ3v) is 3.28. The van der Waals surface area contributed by atoms with Gasteiger partial charge in [-0.25, -0.2) is 4.98 Å². The molecular weight excluding hydrogens is 232 g/mol. The predicted molar refractivity (Wildman–Crippen MR) is 82.1 cm³/mol. The van der Waals surface area contributed by atoms with Gasteiger partial charge in [0, 0.05) is 11.9 Å². The Morgan fingerprint density at radius 2 is 1.58 bits per heavy atom. The van der Waals surface area contributed by atoms with Crippen LogP contribution in [0.5, 0.6) is 0 Å². The van der Waals surface area contributed by atoms with Crippen molar-refractivity contribution in [3.05, 3.63) is 53.7 Å². The standard InChI is InChI=1S/C17H22N2/c1-12(2)14-6-5-7-16(10-14)19-17-11-15(13(3)4)8-9-18-17/h5-13H,1-4H3,(H,18,19). The minimum absolute atomic E-state index is 0.519. The van der Waals surface area contributed by atoms with E-state index >= 15 is 0 Å². The van der Waals surface area contributed by atoms with E-state index < -0.39 is 0 Å². The molecule has 1 heterocycles. The van der Waals surface area contributed by atoms with Gasteiger partial charge in [0.1, 0.15) is 5.82 Å². The van der Waals surface area contributed by atoms with Gasteiger partial charge < -0.3 is 5.32 Å². The number of aromatic nitrogens is 1. The van der Waals surface area contributed by atoms with E-state index in [0.29, 0.717) is 11.8 Å². The molecule has 0 saturated carbocycles. The SMILES string of the molecule is CC(C)c1cccc(Nc2cc(C(C)C)ccn2)c1. The molecule has 2 heteroatoms. The largest absolute Gasteiger partial charge is 0.340 e. The Morgan fingerprint density at radius 1 is 0.895 bits per heavy atom. The van der Waals surface area contributed by atoms with Crippen LogP contribution in [0.3, 0.4) is 0 Å². The van der Waals surface area contributed by atoms with E-state index in [-0.39, 0.29) is 0 Å². The number of hydrogen-bond acceptors (Lipinski definition) is 2. The van der Waals surface area contributed by atoms with Crippen molar-refractivity contribution in [2.75, 3.05) is 5.32 Å². The van der Waals surface area contributed by atoms with Gasteiger partial charge in [0.15, 0.2) is 0 Å². The third-order valence-electron chi connectivity index (χ3n) is 3.28. The molecule has 0 spiro atoms. The Hall–Kier alpha value is -1.83. The molecule has 1 aromatic heterocycles. The maximum Gasteiger partial charge on any atom is 0.130 e. The molecule has 0 radical (unpaired) electrons. The molecule has 1 aromatic carbocycles. The summed E-state index contributed by atoms with van der Waals surface area (Å²) in [7, 11) is 0. The summed E-state index contributed by atoms with van der Waals surface area (Å²) in [6.45, 7) is 8.80. The van der Waals surface area contributed by atoms with Crippen LogP contribution in [0, 0.1) is 0 Å². The Bertz CT molecular complexity index is 495. The number of nitrogens with zero attached hydrogens (tertiary/aromatic N) is 1. The van der Waals surface area contributed by atoms with E-state index in [2.05, 4.69) is 74.4 Å². The summed E-state index contributed by atoms with van der Waals surface area (Å²) < 4.78 is 0. The lowest BCUT2D eigenvalue weighted by molar-refractivity contribution is 0.863. The molecule has 1 N–H and O–H groups in total. The Kier molecular flexibility index (Phi) is 4.20. The van der Waals surface area contributed by atoms with Crippen molar-refractivity contribution in [1.29, 1.82) is 0 Å². The second-order valence-electron chi connectivity index (χ2n) is 5.53. The van der Waals surface area contributed by atoms with Crippen LogP contribution in [-0.4, -0.2) is 4.98 Å². The van der Waals surface area contributed by atoms with Crippen molar-refractivity contribution in [2.45, 2.75) is 39.5 Å². The molecule has 0 amide bonds. The highest BCUT2D eigenvalue weighted by Crippen LogP contribution is 2.22. The summed E-state index contributed by atoms with van der Waals surface area (Å²) in [5.41, 5.74) is 3.74. The first-order valence-corrected chi connectivity index (χ1v) is 6.89. The zero-order valence-electron chi connectivity index (χ0n) is 12.1. The molecule has 0 saturated heterocycles. The molecule has 0 unspecified atom stereocenters. The van der Waals surface area contributed by atoms with Gasteiger partial charge >= 0.3 is 0 Å². The summed E-state index contributed by atoms with van der Waals surface area (Å²) in [6, 6.07) is 12.7. The van der Waals surface area contributed by atoms with Gasteiger partial charge in [0.2, 0.25) is 0 Å². The van der Waals surface area contributed by atoms with Crippen molar-refractivity contribution in [2.24, 2.45) is 0 Å². The first-order chi connectivity index (χ1) is 9.06. The van der Waals surface area contributed by atoms with Gasteiger partial charge in [-0.3, -0.25) is 0 Å². The predicted octanol–water partition coefficient (Wildman–Crippen LogP) is 5.07. The molecular formula is C17H22N2. The fourth-order valence-electron chi connectivity index (χ4n) is 2.00. The summed E-state index contributed by atoms with van der Waals surface area (Å²) in [4.78, 5) is 4.38. The van der Waals surface area contributed by atoms with Crippen LogP contribution in [0.4, 0.5) is 11.5 Å². The maximum atomic E-state index is 4.38. The molecule has 2 rings (SSSR count). The van der Waals surface area contributed by atoms with Crippen LogP contribution < -0.4 is 5.32 Å². The van der Waals surface area contributed by atoms with Crippen molar-refractivity contribution in [3.8, 4) is 0 Å². The van der Waals surface area contributed by atoms with E-state index in [0.717, 1.165) is 11.5 Å². The van der Waals surface area contributed by atoms with E-state index in [1.807, 2.05) is 6.20 Å². The molecule has 19 heavy (non-hydrogen) atoms. The zero-order valence-corrected chi connectivity index (χ0v) is 12.1. The number of anilines is 2. The highest BCUT2D eigenvalue weighted by molar-refractivity contribution is 5.57. The van der Waals surface area contributed by atoms with Gasteiger partial charge in [0.25, 0.3) is 0 Å². The zero-order chi connectivity index (χ0) is 13.8. The van der Waals surface area contributed by atoms with Crippen LogP contribution in [-0.2, 0) is 0 Å². The molecule has 0 aliphatic carbocycles. The lowest BCUT2D eigenvalue weighted by Gasteiger charge is -2.11. The van der Waals surface area contributed by atoms with Gasteiger partial charge in [-0.2, -0.15) is 0 Å². The molecule has 100 valence electrons. The average molecular weight is 254 g/mol. The topological polar surface area (TPSA) is 24.9 Å². The number of benzene rings is 1. The molecule has 0 aliphatic heterocycles. The van der Waals surface area contributed by atoms with Crippen molar-refractivity contribution >= 4 is 11.5 Å². The number of rotatable bonds is 4. The normalized spacial score (nSPS) is 11.1. The minimum Gasteiger partial charge on any atom is -0.340 e. The average Bonchev–Trinajstić information content (AvgIpc) is 2.39. The second kappa shape index (κ2) is 5.87. The molecule has 0 bridgehead atoms. The van der Waals surface area contributed by atoms with Crippen molar-refractivity contribution < 1.29 is 0 Å². The molecule has 0 aliphatic rings. The first kappa shape index (κ1) is 13.6. The Labute approximate surface area is 115 Å². The monoisotopic (exact) mass is 254 g/mol. The first-order valence-electron chi connectivity index (χ1n) is 6.89. The van der Waals surface area contributed by atoms with Crippen LogP contribution in [0.1, 0.15) is 50.7 Å². The summed E-state index contributed by atoms with van der Waals surface area (Å²) in [5.74, 6) is 1.97. The maximum absolute atomic E-state index is 4.38. The van der Waals surface area contributed by atoms with E-state index in [9.17, 15) is 0 Å². The van der Waals surface area contributed by atoms with Crippen molar-refractivity contribution in [3.63, 3.8) is 0 Å². The summed E-state index contributed by atoms with van der Waals surface area (Å²) >= 11 is 0. The molecule has 0 atom stereocenters. The van der Waals surface area contributed by atoms with Crippen LogP contribution in [0.25, 0.3) is 0 Å². The quantitative estimate of drug-likeness (QED) is 0.823. The van der Waals surface area contributed by atoms with Crippen LogP contribution >= 0.6 is 0 Å². The van der Waals surface area contributed by atoms with Crippen LogP contribution in [0.15, 0.2) is 42.6 Å². The second-order valence-corrected chi connectivity index (χ2v) is 5.53. The van der Waals surface area contributed by atoms with E-state index in [1.54, 1.807) is 0 Å². The van der Waals surface area contributed by atoms with Crippen molar-refractivity contribution in [1.82, 2.24) is 4.98 Å². The smallest absolute Gasteiger partial charge is 0.130 e. The Balaban J connectivity index is 2.21. The van der Waals surface area contributed by atoms with Crippen LogP contribution in [0.2, 0.25) is 0 Å². The number of hydrogen-bond donors (Lipinski definition) is 1. The van der Waals surface area contributed by atoms with E-state index in [1.165, 1.54) is 11.1 Å². The minimum atomic E-state index is 0.519. The van der Waals surface area contributed by atoms with Gasteiger partial charge in [-0.05, 0) is 47.2 Å². The van der Waals surface area contributed by atoms with E-state index in [4.69, 9.17) is 0 Å². The van der Waals surface area contributed by atoms with Gasteiger partial charge in [0.05, 0.1) is 0 Å². The fourth-order valence-corrected chi connectivity index (χ4v) is 2.00. The highest BCUT2D eigenvalue weighted by Gasteiger charge is 2.03. The number of nitrogens with one attached hydrogen (secondary N) is 1. The molecule has 2 nitrogen and oxygen atoms in total. The number of pyridine rings is 1. The highest BCUT2D eigenvalue weighted by atomic mass is 15.0. The summed E-state index contributed by atoms with van der Waals surface area (Å²) in [6.07, 6.45) is 1.87.